The van der Waals surface area contributed by atoms with Crippen molar-refractivity contribution in [2.45, 2.75) is 27.4 Å². The van der Waals surface area contributed by atoms with Crippen molar-refractivity contribution >= 4 is 22.8 Å². The molecule has 10 heteroatoms. The second-order valence-corrected chi connectivity index (χ2v) is 9.96. The molecule has 0 unspecified atom stereocenters. The molecule has 0 saturated heterocycles. The Kier molecular flexibility index (Phi) is 7.82. The van der Waals surface area contributed by atoms with Gasteiger partial charge in [-0.25, -0.2) is 4.39 Å². The summed E-state index contributed by atoms with van der Waals surface area (Å²) in [6.07, 6.45) is 0. The minimum absolute atomic E-state index is 0.0277. The first kappa shape index (κ1) is 27.6. The fourth-order valence-electron chi connectivity index (χ4n) is 4.35. The standard InChI is InChI=1S/C31H29FN4O5/c1-17(2)15-34-30(37)22-11-21(12-24(13-22)39-16-27-36-35-18(3)40-27)20-7-10-26-25(14-20)28(31(38)33-4)29(41-26)19-5-8-23(32)9-6-19/h5-14,17H,15-16H2,1-4H3,(H,33,38)(H,34,37). The predicted octanol–water partition coefficient (Wildman–Crippen LogP) is 5.92. The van der Waals surface area contributed by atoms with Crippen molar-refractivity contribution in [1.29, 1.82) is 0 Å². The van der Waals surface area contributed by atoms with Crippen LogP contribution in [-0.4, -0.2) is 35.6 Å². The Balaban J connectivity index is 1.58. The molecule has 3 aromatic carbocycles. The lowest BCUT2D eigenvalue weighted by Crippen LogP contribution is -2.27. The van der Waals surface area contributed by atoms with Crippen LogP contribution in [0.25, 0.3) is 33.4 Å². The molecule has 0 saturated carbocycles. The van der Waals surface area contributed by atoms with Gasteiger partial charge in [0.05, 0.1) is 5.56 Å². The second-order valence-electron chi connectivity index (χ2n) is 9.96. The zero-order valence-electron chi connectivity index (χ0n) is 23.1. The molecule has 0 aliphatic rings. The highest BCUT2D eigenvalue weighted by molar-refractivity contribution is 6.12. The summed E-state index contributed by atoms with van der Waals surface area (Å²) in [7, 11) is 1.53. The highest BCUT2D eigenvalue weighted by atomic mass is 19.1. The van der Waals surface area contributed by atoms with Gasteiger partial charge in [-0.15, -0.1) is 10.2 Å². The molecule has 210 valence electrons. The topological polar surface area (TPSA) is 119 Å². The summed E-state index contributed by atoms with van der Waals surface area (Å²) in [5.74, 6) is 0.789. The molecule has 0 spiro atoms. The third-order valence-corrected chi connectivity index (χ3v) is 6.35. The number of rotatable bonds is 9. The fraction of sp³-hybridized carbons (Fsp3) is 0.226. The van der Waals surface area contributed by atoms with Crippen molar-refractivity contribution in [2.24, 2.45) is 5.92 Å². The van der Waals surface area contributed by atoms with Crippen molar-refractivity contribution in [3.05, 3.63) is 89.4 Å². The lowest BCUT2D eigenvalue weighted by molar-refractivity contribution is 0.0945. The molecule has 9 nitrogen and oxygen atoms in total. The number of aryl methyl sites for hydroxylation is 1. The number of ether oxygens (including phenoxy) is 1. The van der Waals surface area contributed by atoms with Crippen LogP contribution in [0.4, 0.5) is 4.39 Å². The van der Waals surface area contributed by atoms with Gasteiger partial charge in [-0.05, 0) is 71.6 Å². The predicted molar refractivity (Wildman–Crippen MR) is 151 cm³/mol. The lowest BCUT2D eigenvalue weighted by Gasteiger charge is -2.12. The van der Waals surface area contributed by atoms with Gasteiger partial charge in [-0.3, -0.25) is 9.59 Å². The van der Waals surface area contributed by atoms with Gasteiger partial charge in [0.15, 0.2) is 6.61 Å². The van der Waals surface area contributed by atoms with E-state index in [0.717, 1.165) is 5.56 Å². The number of amides is 2. The number of nitrogens with one attached hydrogen (secondary N) is 2. The Morgan fingerprint density at radius 2 is 1.68 bits per heavy atom. The van der Waals surface area contributed by atoms with Gasteiger partial charge in [0, 0.05) is 37.0 Å². The molecule has 2 N–H and O–H groups in total. The summed E-state index contributed by atoms with van der Waals surface area (Å²) in [6.45, 7) is 6.27. The Bertz CT molecular complexity index is 1720. The molecule has 0 aliphatic carbocycles. The second kappa shape index (κ2) is 11.6. The highest BCUT2D eigenvalue weighted by Crippen LogP contribution is 2.37. The molecule has 5 rings (SSSR count). The number of carbonyl (C=O) groups excluding carboxylic acids is 2. The van der Waals surface area contributed by atoms with Crippen LogP contribution in [0.15, 0.2) is 69.5 Å². The summed E-state index contributed by atoms with van der Waals surface area (Å²) >= 11 is 0. The molecule has 0 aliphatic heterocycles. The van der Waals surface area contributed by atoms with E-state index in [1.54, 1.807) is 43.3 Å². The van der Waals surface area contributed by atoms with E-state index >= 15 is 0 Å². The zero-order valence-corrected chi connectivity index (χ0v) is 23.1. The smallest absolute Gasteiger partial charge is 0.255 e. The summed E-state index contributed by atoms with van der Waals surface area (Å²) in [5.41, 5.74) is 3.20. The van der Waals surface area contributed by atoms with Crippen molar-refractivity contribution in [1.82, 2.24) is 20.8 Å². The van der Waals surface area contributed by atoms with Gasteiger partial charge >= 0.3 is 0 Å². The third kappa shape index (κ3) is 6.11. The third-order valence-electron chi connectivity index (χ3n) is 6.35. The van der Waals surface area contributed by atoms with Gasteiger partial charge in [-0.2, -0.15) is 0 Å². The molecule has 2 amide bonds. The zero-order chi connectivity index (χ0) is 29.1. The lowest BCUT2D eigenvalue weighted by atomic mass is 9.98. The summed E-state index contributed by atoms with van der Waals surface area (Å²) < 4.78 is 31.0. The van der Waals surface area contributed by atoms with Crippen LogP contribution < -0.4 is 15.4 Å². The quantitative estimate of drug-likeness (QED) is 0.231. The maximum atomic E-state index is 13.6. The Morgan fingerprint density at radius 3 is 2.37 bits per heavy atom. The first-order chi connectivity index (χ1) is 19.7. The van der Waals surface area contributed by atoms with Crippen LogP contribution in [-0.2, 0) is 6.61 Å². The molecule has 2 heterocycles. The number of furan rings is 1. The largest absolute Gasteiger partial charge is 0.484 e. The van der Waals surface area contributed by atoms with E-state index < -0.39 is 5.82 Å². The normalized spacial score (nSPS) is 11.2. The molecular formula is C31H29FN4O5. The number of aromatic nitrogens is 2. The first-order valence-electron chi connectivity index (χ1n) is 13.1. The fourth-order valence-corrected chi connectivity index (χ4v) is 4.35. The average Bonchev–Trinajstić information content (AvgIpc) is 3.57. The van der Waals surface area contributed by atoms with E-state index in [9.17, 15) is 14.0 Å². The van der Waals surface area contributed by atoms with Crippen molar-refractivity contribution in [3.8, 4) is 28.2 Å². The van der Waals surface area contributed by atoms with Crippen LogP contribution >= 0.6 is 0 Å². The van der Waals surface area contributed by atoms with Crippen molar-refractivity contribution in [3.63, 3.8) is 0 Å². The van der Waals surface area contributed by atoms with Crippen molar-refractivity contribution < 1.29 is 27.6 Å². The summed E-state index contributed by atoms with van der Waals surface area (Å²) in [4.78, 5) is 26.0. The van der Waals surface area contributed by atoms with Crippen LogP contribution in [0.3, 0.4) is 0 Å². The van der Waals surface area contributed by atoms with E-state index in [1.165, 1.54) is 19.2 Å². The number of hydrogen-bond acceptors (Lipinski definition) is 7. The number of fused-ring (bicyclic) bond motifs is 1. The summed E-state index contributed by atoms with van der Waals surface area (Å²) in [6, 6.07) is 16.4. The van der Waals surface area contributed by atoms with E-state index in [1.807, 2.05) is 26.0 Å². The molecule has 2 aromatic heterocycles. The monoisotopic (exact) mass is 556 g/mol. The number of hydrogen-bond donors (Lipinski definition) is 2. The van der Waals surface area contributed by atoms with Gasteiger partial charge in [0.25, 0.3) is 17.7 Å². The van der Waals surface area contributed by atoms with E-state index in [-0.39, 0.29) is 24.3 Å². The number of carbonyl (C=O) groups is 2. The molecular weight excluding hydrogens is 527 g/mol. The molecule has 0 atom stereocenters. The Morgan fingerprint density at radius 1 is 0.927 bits per heavy atom. The minimum atomic E-state index is -0.391. The van der Waals surface area contributed by atoms with Crippen LogP contribution in [0.5, 0.6) is 5.75 Å². The molecule has 0 radical (unpaired) electrons. The SMILES string of the molecule is CNC(=O)c1c(-c2ccc(F)cc2)oc2ccc(-c3cc(OCc4nnc(C)o4)cc(C(=O)NCC(C)C)c3)cc12. The molecule has 41 heavy (non-hydrogen) atoms. The van der Waals surface area contributed by atoms with E-state index in [4.69, 9.17) is 13.6 Å². The number of benzene rings is 3. The maximum Gasteiger partial charge on any atom is 0.255 e. The highest BCUT2D eigenvalue weighted by Gasteiger charge is 2.22. The number of halogens is 1. The van der Waals surface area contributed by atoms with E-state index in [2.05, 4.69) is 20.8 Å². The Hall–Kier alpha value is -4.99. The van der Waals surface area contributed by atoms with Crippen LogP contribution in [0.1, 0.15) is 46.3 Å². The van der Waals surface area contributed by atoms with Gasteiger partial charge in [0.1, 0.15) is 22.9 Å². The molecule has 0 fully saturated rings. The Labute approximate surface area is 235 Å². The first-order valence-corrected chi connectivity index (χ1v) is 13.1. The summed E-state index contributed by atoms with van der Waals surface area (Å²) in [5, 5.41) is 13.9. The van der Waals surface area contributed by atoms with Gasteiger partial charge < -0.3 is 24.2 Å². The minimum Gasteiger partial charge on any atom is -0.484 e. The average molecular weight is 557 g/mol. The van der Waals surface area contributed by atoms with Crippen LogP contribution in [0, 0.1) is 18.7 Å². The van der Waals surface area contributed by atoms with Crippen molar-refractivity contribution in [2.75, 3.05) is 13.6 Å². The maximum absolute atomic E-state index is 13.6. The molecule has 0 bridgehead atoms. The molecule has 5 aromatic rings. The van der Waals surface area contributed by atoms with Gasteiger partial charge in [0.2, 0.25) is 5.89 Å². The van der Waals surface area contributed by atoms with Gasteiger partial charge in [-0.1, -0.05) is 19.9 Å². The van der Waals surface area contributed by atoms with Crippen LogP contribution in [0.2, 0.25) is 0 Å². The number of nitrogens with zero attached hydrogens (tertiary/aromatic N) is 2. The van der Waals surface area contributed by atoms with E-state index in [0.29, 0.717) is 63.1 Å².